The van der Waals surface area contributed by atoms with Gasteiger partial charge in [0.05, 0.1) is 29.6 Å². The molecule has 16 heavy (non-hydrogen) atoms. The van der Waals surface area contributed by atoms with Crippen LogP contribution < -0.4 is 16.0 Å². The van der Waals surface area contributed by atoms with E-state index < -0.39 is 0 Å². The SMILES string of the molecule is N#Cc1ccc2c(c1)N(CCN)C(=O)CN2. The van der Waals surface area contributed by atoms with Gasteiger partial charge in [-0.15, -0.1) is 0 Å². The summed E-state index contributed by atoms with van der Waals surface area (Å²) in [6, 6.07) is 7.29. The van der Waals surface area contributed by atoms with Gasteiger partial charge in [-0.05, 0) is 18.2 Å². The second-order valence-corrected chi connectivity index (χ2v) is 3.53. The lowest BCUT2D eigenvalue weighted by Gasteiger charge is -2.29. The number of anilines is 2. The van der Waals surface area contributed by atoms with E-state index in [-0.39, 0.29) is 12.5 Å². The molecule has 0 radical (unpaired) electrons. The van der Waals surface area contributed by atoms with Gasteiger partial charge in [0.1, 0.15) is 0 Å². The molecule has 0 unspecified atom stereocenters. The molecule has 5 heteroatoms. The van der Waals surface area contributed by atoms with E-state index >= 15 is 0 Å². The Morgan fingerprint density at radius 2 is 2.38 bits per heavy atom. The lowest BCUT2D eigenvalue weighted by molar-refractivity contribution is -0.117. The second-order valence-electron chi connectivity index (χ2n) is 3.53. The van der Waals surface area contributed by atoms with E-state index in [1.54, 1.807) is 17.0 Å². The van der Waals surface area contributed by atoms with Gasteiger partial charge in [0.2, 0.25) is 5.91 Å². The molecule has 0 saturated heterocycles. The van der Waals surface area contributed by atoms with Gasteiger partial charge in [-0.1, -0.05) is 0 Å². The number of benzene rings is 1. The molecule has 1 aromatic rings. The largest absolute Gasteiger partial charge is 0.374 e. The molecule has 2 rings (SSSR count). The van der Waals surface area contributed by atoms with Crippen molar-refractivity contribution in [3.63, 3.8) is 0 Å². The standard InChI is InChI=1S/C11H12N4O/c12-3-4-15-10-5-8(6-13)1-2-9(10)14-7-11(15)16/h1-2,5,14H,3-4,7,12H2. The Labute approximate surface area is 93.5 Å². The Balaban J connectivity index is 2.44. The number of hydrogen-bond acceptors (Lipinski definition) is 4. The number of amides is 1. The van der Waals surface area contributed by atoms with Gasteiger partial charge in [0.25, 0.3) is 0 Å². The fraction of sp³-hybridized carbons (Fsp3) is 0.273. The summed E-state index contributed by atoms with van der Waals surface area (Å²) >= 11 is 0. The summed E-state index contributed by atoms with van der Waals surface area (Å²) in [5, 5.41) is 11.8. The van der Waals surface area contributed by atoms with Crippen molar-refractivity contribution in [1.29, 1.82) is 5.26 Å². The number of nitrogens with two attached hydrogens (primary N) is 1. The maximum absolute atomic E-state index is 11.7. The molecule has 0 aliphatic carbocycles. The first kappa shape index (κ1) is 10.5. The Hall–Kier alpha value is -2.06. The highest BCUT2D eigenvalue weighted by atomic mass is 16.2. The van der Waals surface area contributed by atoms with Gasteiger partial charge < -0.3 is 16.0 Å². The average Bonchev–Trinajstić information content (AvgIpc) is 2.32. The summed E-state index contributed by atoms with van der Waals surface area (Å²) in [6.07, 6.45) is 0. The molecule has 0 fully saturated rings. The van der Waals surface area contributed by atoms with E-state index in [9.17, 15) is 4.79 Å². The van der Waals surface area contributed by atoms with E-state index in [1.165, 1.54) is 0 Å². The summed E-state index contributed by atoms with van der Waals surface area (Å²) in [6.45, 7) is 1.16. The highest BCUT2D eigenvalue weighted by Crippen LogP contribution is 2.29. The third-order valence-electron chi connectivity index (χ3n) is 2.50. The van der Waals surface area contributed by atoms with Gasteiger partial charge in [0, 0.05) is 13.1 Å². The average molecular weight is 216 g/mol. The first-order valence-corrected chi connectivity index (χ1v) is 5.04. The fourth-order valence-corrected chi connectivity index (χ4v) is 1.75. The quantitative estimate of drug-likeness (QED) is 0.743. The summed E-state index contributed by atoms with van der Waals surface area (Å²) < 4.78 is 0. The molecule has 1 heterocycles. The minimum absolute atomic E-state index is 0.0203. The van der Waals surface area contributed by atoms with Gasteiger partial charge in [0.15, 0.2) is 0 Å². The van der Waals surface area contributed by atoms with E-state index in [0.29, 0.717) is 18.7 Å². The summed E-state index contributed by atoms with van der Waals surface area (Å²) in [4.78, 5) is 13.3. The number of fused-ring (bicyclic) bond motifs is 1. The zero-order valence-corrected chi connectivity index (χ0v) is 8.73. The zero-order valence-electron chi connectivity index (χ0n) is 8.73. The van der Waals surface area contributed by atoms with Gasteiger partial charge in [-0.3, -0.25) is 4.79 Å². The summed E-state index contributed by atoms with van der Waals surface area (Å²) in [5.74, 6) is -0.0203. The van der Waals surface area contributed by atoms with Crippen molar-refractivity contribution in [1.82, 2.24) is 0 Å². The van der Waals surface area contributed by atoms with Gasteiger partial charge in [-0.2, -0.15) is 5.26 Å². The molecule has 1 amide bonds. The van der Waals surface area contributed by atoms with Crippen molar-refractivity contribution in [2.24, 2.45) is 5.73 Å². The van der Waals surface area contributed by atoms with Crippen molar-refractivity contribution in [3.8, 4) is 6.07 Å². The van der Waals surface area contributed by atoms with Crippen molar-refractivity contribution in [3.05, 3.63) is 23.8 Å². The molecule has 5 nitrogen and oxygen atoms in total. The molecule has 0 saturated carbocycles. The number of rotatable bonds is 2. The number of hydrogen-bond donors (Lipinski definition) is 2. The van der Waals surface area contributed by atoms with Crippen LogP contribution in [0.1, 0.15) is 5.56 Å². The minimum atomic E-state index is -0.0203. The second kappa shape index (κ2) is 4.21. The van der Waals surface area contributed by atoms with Crippen LogP contribution in [0.25, 0.3) is 0 Å². The Kier molecular flexibility index (Phi) is 2.75. The van der Waals surface area contributed by atoms with E-state index in [4.69, 9.17) is 11.0 Å². The summed E-state index contributed by atoms with van der Waals surface area (Å²) in [7, 11) is 0. The molecule has 0 bridgehead atoms. The third-order valence-corrected chi connectivity index (χ3v) is 2.50. The molecule has 0 spiro atoms. The Morgan fingerprint density at radius 1 is 1.56 bits per heavy atom. The van der Waals surface area contributed by atoms with Crippen LogP contribution in [-0.4, -0.2) is 25.5 Å². The number of carbonyl (C=O) groups is 1. The van der Waals surface area contributed by atoms with Crippen LogP contribution in [0.4, 0.5) is 11.4 Å². The molecule has 82 valence electrons. The molecular weight excluding hydrogens is 204 g/mol. The van der Waals surface area contributed by atoms with E-state index in [2.05, 4.69) is 11.4 Å². The maximum atomic E-state index is 11.7. The first-order chi connectivity index (χ1) is 7.76. The van der Waals surface area contributed by atoms with Crippen molar-refractivity contribution in [2.45, 2.75) is 0 Å². The molecule has 1 aliphatic heterocycles. The Bertz CT molecular complexity index is 464. The number of nitrogens with zero attached hydrogens (tertiary/aromatic N) is 2. The predicted octanol–water partition coefficient (Wildman–Crippen LogP) is 0.275. The monoisotopic (exact) mass is 216 g/mol. The van der Waals surface area contributed by atoms with Crippen LogP contribution in [0.5, 0.6) is 0 Å². The number of nitriles is 1. The lowest BCUT2D eigenvalue weighted by atomic mass is 10.1. The molecule has 0 aromatic heterocycles. The van der Waals surface area contributed by atoms with Gasteiger partial charge >= 0.3 is 0 Å². The predicted molar refractivity (Wildman–Crippen MR) is 61.1 cm³/mol. The highest BCUT2D eigenvalue weighted by Gasteiger charge is 2.23. The van der Waals surface area contributed by atoms with Crippen LogP contribution in [0, 0.1) is 11.3 Å². The summed E-state index contributed by atoms with van der Waals surface area (Å²) in [5.41, 5.74) is 7.61. The first-order valence-electron chi connectivity index (χ1n) is 5.04. The number of carbonyl (C=O) groups excluding carboxylic acids is 1. The van der Waals surface area contributed by atoms with Crippen molar-refractivity contribution >= 4 is 17.3 Å². The van der Waals surface area contributed by atoms with Crippen LogP contribution >= 0.6 is 0 Å². The van der Waals surface area contributed by atoms with Crippen molar-refractivity contribution < 1.29 is 4.79 Å². The zero-order chi connectivity index (χ0) is 11.5. The van der Waals surface area contributed by atoms with E-state index in [0.717, 1.165) is 11.4 Å². The van der Waals surface area contributed by atoms with Crippen LogP contribution in [0.2, 0.25) is 0 Å². The topological polar surface area (TPSA) is 82.2 Å². The molecule has 1 aliphatic rings. The maximum Gasteiger partial charge on any atom is 0.246 e. The smallest absolute Gasteiger partial charge is 0.246 e. The normalized spacial score (nSPS) is 14.0. The highest BCUT2D eigenvalue weighted by molar-refractivity contribution is 6.02. The molecule has 3 N–H and O–H groups in total. The van der Waals surface area contributed by atoms with Crippen LogP contribution in [0.15, 0.2) is 18.2 Å². The van der Waals surface area contributed by atoms with Gasteiger partial charge in [-0.25, -0.2) is 0 Å². The fourth-order valence-electron chi connectivity index (χ4n) is 1.75. The molecule has 0 atom stereocenters. The van der Waals surface area contributed by atoms with E-state index in [1.807, 2.05) is 6.07 Å². The van der Waals surface area contributed by atoms with Crippen molar-refractivity contribution in [2.75, 3.05) is 29.9 Å². The van der Waals surface area contributed by atoms with Crippen LogP contribution in [-0.2, 0) is 4.79 Å². The molecular formula is C11H12N4O. The number of nitrogens with one attached hydrogen (secondary N) is 1. The Morgan fingerprint density at radius 3 is 3.06 bits per heavy atom. The molecule has 1 aromatic carbocycles. The minimum Gasteiger partial charge on any atom is -0.374 e. The lowest BCUT2D eigenvalue weighted by Crippen LogP contribution is -2.42. The third kappa shape index (κ3) is 1.71. The van der Waals surface area contributed by atoms with Crippen LogP contribution in [0.3, 0.4) is 0 Å².